The highest BCUT2D eigenvalue weighted by molar-refractivity contribution is 5.94. The van der Waals surface area contributed by atoms with Crippen LogP contribution in [-0.2, 0) is 9.59 Å². The number of fused-ring (bicyclic) bond motifs is 3. The van der Waals surface area contributed by atoms with Crippen LogP contribution in [0.4, 0.5) is 0 Å². The minimum absolute atomic E-state index is 0.0261. The maximum Gasteiger partial charge on any atom is 0.145 e. The van der Waals surface area contributed by atoms with Crippen LogP contribution < -0.4 is 0 Å². The Kier molecular flexibility index (Phi) is 1.89. The van der Waals surface area contributed by atoms with Crippen LogP contribution in [0.5, 0.6) is 0 Å². The lowest BCUT2D eigenvalue weighted by molar-refractivity contribution is -0.162. The van der Waals surface area contributed by atoms with Crippen molar-refractivity contribution in [2.24, 2.45) is 22.7 Å². The van der Waals surface area contributed by atoms with Crippen molar-refractivity contribution >= 4 is 12.1 Å². The Hall–Kier alpha value is -0.660. The van der Waals surface area contributed by atoms with Crippen LogP contribution in [-0.4, -0.2) is 12.1 Å². The molecule has 0 amide bonds. The van der Waals surface area contributed by atoms with Gasteiger partial charge < -0.3 is 4.79 Å². The molecule has 2 bridgehead atoms. The average molecular weight is 194 g/mol. The molecule has 3 atom stereocenters. The van der Waals surface area contributed by atoms with Gasteiger partial charge in [0.2, 0.25) is 0 Å². The van der Waals surface area contributed by atoms with Gasteiger partial charge in [0.25, 0.3) is 0 Å². The summed E-state index contributed by atoms with van der Waals surface area (Å²) in [6.07, 6.45) is 3.93. The highest BCUT2D eigenvalue weighted by atomic mass is 16.1. The molecule has 0 spiro atoms. The Labute approximate surface area is 85.1 Å². The highest BCUT2D eigenvalue weighted by Crippen LogP contribution is 2.57. The quantitative estimate of drug-likeness (QED) is 0.600. The van der Waals surface area contributed by atoms with Crippen molar-refractivity contribution in [3.63, 3.8) is 0 Å². The zero-order chi connectivity index (χ0) is 10.6. The molecule has 0 N–H and O–H groups in total. The Morgan fingerprint density at radius 1 is 1.36 bits per heavy atom. The number of aldehydes is 1. The van der Waals surface area contributed by atoms with Gasteiger partial charge in [-0.1, -0.05) is 20.8 Å². The zero-order valence-corrected chi connectivity index (χ0v) is 9.17. The van der Waals surface area contributed by atoms with Gasteiger partial charge in [-0.15, -0.1) is 0 Å². The number of hydrogen-bond acceptors (Lipinski definition) is 2. The predicted octanol–water partition coefficient (Wildman–Crippen LogP) is 2.22. The van der Waals surface area contributed by atoms with E-state index in [2.05, 4.69) is 0 Å². The van der Waals surface area contributed by atoms with Crippen molar-refractivity contribution in [3.05, 3.63) is 0 Å². The third kappa shape index (κ3) is 0.971. The largest absolute Gasteiger partial charge is 0.303 e. The molecule has 78 valence electrons. The third-order valence-corrected chi connectivity index (χ3v) is 4.66. The molecular formula is C12H18O2. The summed E-state index contributed by atoms with van der Waals surface area (Å²) in [5.41, 5.74) is -0.563. The standard InChI is InChI=1S/C12H18O2/c1-11(2)8-4-5-12(3,10(11)14)9(6-8)7-13/h7-9H,4-6H2,1-3H3/t8-,9+,12+/m1/s1. The van der Waals surface area contributed by atoms with E-state index in [-0.39, 0.29) is 16.7 Å². The van der Waals surface area contributed by atoms with Gasteiger partial charge in [0.15, 0.2) is 0 Å². The Morgan fingerprint density at radius 2 is 2.00 bits per heavy atom. The molecule has 0 aromatic rings. The van der Waals surface area contributed by atoms with Crippen LogP contribution in [0.2, 0.25) is 0 Å². The Balaban J connectivity index is 2.43. The molecule has 3 aliphatic carbocycles. The van der Waals surface area contributed by atoms with Gasteiger partial charge in [0.05, 0.1) is 0 Å². The molecule has 3 fully saturated rings. The second kappa shape index (κ2) is 2.68. The number of Topliss-reactive ketones (excluding diaryl/α,β-unsaturated/α-hetero) is 1. The molecule has 2 heteroatoms. The third-order valence-electron chi connectivity index (χ3n) is 4.66. The summed E-state index contributed by atoms with van der Waals surface area (Å²) in [7, 11) is 0. The second-order valence-electron chi connectivity index (χ2n) is 5.68. The molecule has 0 aromatic carbocycles. The summed E-state index contributed by atoms with van der Waals surface area (Å²) in [5.74, 6) is 0.707. The van der Waals surface area contributed by atoms with E-state index >= 15 is 0 Å². The molecule has 2 nitrogen and oxygen atoms in total. The first kappa shape index (κ1) is 9.88. The first-order valence-electron chi connectivity index (χ1n) is 5.43. The van der Waals surface area contributed by atoms with Gasteiger partial charge >= 0.3 is 0 Å². The van der Waals surface area contributed by atoms with Crippen LogP contribution in [0.3, 0.4) is 0 Å². The summed E-state index contributed by atoms with van der Waals surface area (Å²) in [4.78, 5) is 23.2. The second-order valence-corrected chi connectivity index (χ2v) is 5.68. The molecule has 3 rings (SSSR count). The smallest absolute Gasteiger partial charge is 0.145 e. The lowest BCUT2D eigenvalue weighted by atomic mass is 9.47. The average Bonchev–Trinajstić information content (AvgIpc) is 2.14. The van der Waals surface area contributed by atoms with E-state index in [9.17, 15) is 9.59 Å². The van der Waals surface area contributed by atoms with Crippen LogP contribution >= 0.6 is 0 Å². The lowest BCUT2D eigenvalue weighted by Crippen LogP contribution is -2.57. The molecule has 0 saturated heterocycles. The maximum atomic E-state index is 12.2. The van der Waals surface area contributed by atoms with E-state index in [1.54, 1.807) is 0 Å². The van der Waals surface area contributed by atoms with Crippen LogP contribution in [0, 0.1) is 22.7 Å². The van der Waals surface area contributed by atoms with Crippen molar-refractivity contribution in [2.75, 3.05) is 0 Å². The monoisotopic (exact) mass is 194 g/mol. The first-order chi connectivity index (χ1) is 6.43. The van der Waals surface area contributed by atoms with Gasteiger partial charge in [-0.3, -0.25) is 4.79 Å². The summed E-state index contributed by atoms with van der Waals surface area (Å²) >= 11 is 0. The predicted molar refractivity (Wildman–Crippen MR) is 53.8 cm³/mol. The van der Waals surface area contributed by atoms with Crippen molar-refractivity contribution in [3.8, 4) is 0 Å². The Morgan fingerprint density at radius 3 is 2.57 bits per heavy atom. The number of hydrogen-bond donors (Lipinski definition) is 0. The molecule has 14 heavy (non-hydrogen) atoms. The van der Waals surface area contributed by atoms with Crippen LogP contribution in [0.1, 0.15) is 40.0 Å². The molecular weight excluding hydrogens is 176 g/mol. The minimum Gasteiger partial charge on any atom is -0.303 e. The lowest BCUT2D eigenvalue weighted by Gasteiger charge is -2.55. The van der Waals surface area contributed by atoms with Gasteiger partial charge in [-0.2, -0.15) is 0 Å². The molecule has 0 aromatic heterocycles. The SMILES string of the molecule is CC1(C)C(=O)[C@@]2(C)CC[C@@H]1C[C@H]2C=O. The first-order valence-corrected chi connectivity index (χ1v) is 5.43. The van der Waals surface area contributed by atoms with E-state index in [1.807, 2.05) is 20.8 Å². The van der Waals surface area contributed by atoms with E-state index in [4.69, 9.17) is 0 Å². The van der Waals surface area contributed by atoms with Crippen LogP contribution in [0.15, 0.2) is 0 Å². The molecule has 0 aliphatic heterocycles. The van der Waals surface area contributed by atoms with Crippen LogP contribution in [0.25, 0.3) is 0 Å². The van der Waals surface area contributed by atoms with Crippen molar-refractivity contribution < 1.29 is 9.59 Å². The fraction of sp³-hybridized carbons (Fsp3) is 0.833. The van der Waals surface area contributed by atoms with Crippen molar-refractivity contribution in [2.45, 2.75) is 40.0 Å². The molecule has 3 saturated carbocycles. The number of carbonyl (C=O) groups excluding carboxylic acids is 2. The van der Waals surface area contributed by atoms with Gasteiger partial charge in [0, 0.05) is 16.7 Å². The van der Waals surface area contributed by atoms with E-state index in [1.165, 1.54) is 0 Å². The van der Waals surface area contributed by atoms with Gasteiger partial charge in [0.1, 0.15) is 12.1 Å². The molecule has 0 radical (unpaired) electrons. The summed E-state index contributed by atoms with van der Waals surface area (Å²) < 4.78 is 0. The summed E-state index contributed by atoms with van der Waals surface area (Å²) in [6, 6.07) is 0. The summed E-state index contributed by atoms with van der Waals surface area (Å²) in [6.45, 7) is 6.06. The van der Waals surface area contributed by atoms with Gasteiger partial charge in [-0.05, 0) is 25.2 Å². The highest BCUT2D eigenvalue weighted by Gasteiger charge is 2.58. The fourth-order valence-electron chi connectivity index (χ4n) is 3.41. The van der Waals surface area contributed by atoms with Gasteiger partial charge in [-0.25, -0.2) is 0 Å². The maximum absolute atomic E-state index is 12.2. The van der Waals surface area contributed by atoms with Crippen molar-refractivity contribution in [1.82, 2.24) is 0 Å². The Bertz CT molecular complexity index is 293. The molecule has 0 unspecified atom stereocenters. The topological polar surface area (TPSA) is 34.1 Å². The van der Waals surface area contributed by atoms with E-state index in [0.29, 0.717) is 11.7 Å². The number of carbonyl (C=O) groups is 2. The van der Waals surface area contributed by atoms with E-state index in [0.717, 1.165) is 25.5 Å². The number of ketones is 1. The van der Waals surface area contributed by atoms with Crippen molar-refractivity contribution in [1.29, 1.82) is 0 Å². The number of rotatable bonds is 1. The zero-order valence-electron chi connectivity index (χ0n) is 9.17. The normalized spacial score (nSPS) is 45.2. The molecule has 3 aliphatic rings. The minimum atomic E-state index is -0.361. The molecule has 0 heterocycles. The summed E-state index contributed by atoms with van der Waals surface area (Å²) in [5, 5.41) is 0. The fourth-order valence-corrected chi connectivity index (χ4v) is 3.41. The van der Waals surface area contributed by atoms with E-state index < -0.39 is 0 Å².